The molecule has 3 rings (SSSR count). The molecule has 0 radical (unpaired) electrons. The summed E-state index contributed by atoms with van der Waals surface area (Å²) in [5.41, 5.74) is 2.15. The van der Waals surface area contributed by atoms with Crippen LogP contribution in [-0.2, 0) is 0 Å². The van der Waals surface area contributed by atoms with E-state index in [9.17, 15) is 14.9 Å². The van der Waals surface area contributed by atoms with Crippen molar-refractivity contribution >= 4 is 38.8 Å². The van der Waals surface area contributed by atoms with Gasteiger partial charge in [0, 0.05) is 27.4 Å². The van der Waals surface area contributed by atoms with Gasteiger partial charge in [-0.2, -0.15) is 0 Å². The lowest BCUT2D eigenvalue weighted by atomic mass is 10.0. The Hall–Kier alpha value is -2.99. The first-order valence-electron chi connectivity index (χ1n) is 7.46. The molecule has 6 heteroatoms. The molecule has 0 aromatic heterocycles. The molecular weight excluding hydrogens is 384 g/mol. The monoisotopic (exact) mass is 396 g/mol. The van der Waals surface area contributed by atoms with Gasteiger partial charge in [0.1, 0.15) is 5.69 Å². The number of hydrogen-bond donors (Lipinski definition) is 1. The van der Waals surface area contributed by atoms with E-state index in [0.717, 1.165) is 0 Å². The van der Waals surface area contributed by atoms with Gasteiger partial charge in [0.25, 0.3) is 5.69 Å². The fraction of sp³-hybridized carbons (Fsp3) is 0. The molecule has 0 saturated carbocycles. The minimum Gasteiger partial charge on any atom is -0.350 e. The zero-order chi connectivity index (χ0) is 17.8. The minimum atomic E-state index is -0.440. The highest BCUT2D eigenvalue weighted by Crippen LogP contribution is 2.30. The number of hydrogen-bond acceptors (Lipinski definition) is 4. The summed E-state index contributed by atoms with van der Waals surface area (Å²) >= 11 is 3.41. The Balaban J connectivity index is 1.88. The number of para-hydroxylation sites is 2. The standard InChI is InChI=1S/C19H13BrN2O3/c20-16-12-14(21-17-8-4-5-9-18(17)22(24)25)10-11-15(16)19(23)13-6-2-1-3-7-13/h1-12,21H. The van der Waals surface area contributed by atoms with Crippen molar-refractivity contribution < 1.29 is 9.72 Å². The first-order chi connectivity index (χ1) is 12.1. The van der Waals surface area contributed by atoms with Crippen LogP contribution in [0.2, 0.25) is 0 Å². The summed E-state index contributed by atoms with van der Waals surface area (Å²) < 4.78 is 0.616. The van der Waals surface area contributed by atoms with Gasteiger partial charge in [0.05, 0.1) is 4.92 Å². The van der Waals surface area contributed by atoms with Crippen molar-refractivity contribution in [2.45, 2.75) is 0 Å². The lowest BCUT2D eigenvalue weighted by Crippen LogP contribution is -2.03. The van der Waals surface area contributed by atoms with E-state index < -0.39 is 4.92 Å². The lowest BCUT2D eigenvalue weighted by Gasteiger charge is -2.10. The molecule has 0 aliphatic heterocycles. The van der Waals surface area contributed by atoms with Gasteiger partial charge >= 0.3 is 0 Å². The number of carbonyl (C=O) groups excluding carboxylic acids is 1. The van der Waals surface area contributed by atoms with Crippen LogP contribution in [0.25, 0.3) is 0 Å². The Labute approximate surface area is 152 Å². The zero-order valence-corrected chi connectivity index (χ0v) is 14.6. The number of rotatable bonds is 5. The van der Waals surface area contributed by atoms with E-state index in [2.05, 4.69) is 21.2 Å². The van der Waals surface area contributed by atoms with Crippen LogP contribution in [0.3, 0.4) is 0 Å². The Morgan fingerprint density at radius 3 is 2.32 bits per heavy atom. The molecule has 0 fully saturated rings. The number of halogens is 1. The summed E-state index contributed by atoms with van der Waals surface area (Å²) in [5, 5.41) is 14.1. The molecule has 0 bridgehead atoms. The smallest absolute Gasteiger partial charge is 0.292 e. The second-order valence-corrected chi connectivity index (χ2v) is 6.14. The average Bonchev–Trinajstić information content (AvgIpc) is 2.62. The lowest BCUT2D eigenvalue weighted by molar-refractivity contribution is -0.383. The summed E-state index contributed by atoms with van der Waals surface area (Å²) in [4.78, 5) is 23.2. The second-order valence-electron chi connectivity index (χ2n) is 5.29. The molecule has 3 aromatic carbocycles. The predicted molar refractivity (Wildman–Crippen MR) is 100 cm³/mol. The van der Waals surface area contributed by atoms with E-state index in [0.29, 0.717) is 27.0 Å². The molecular formula is C19H13BrN2O3. The van der Waals surface area contributed by atoms with E-state index in [-0.39, 0.29) is 11.5 Å². The van der Waals surface area contributed by atoms with Crippen LogP contribution in [0.5, 0.6) is 0 Å². The van der Waals surface area contributed by atoms with E-state index in [1.165, 1.54) is 6.07 Å². The fourth-order valence-electron chi connectivity index (χ4n) is 2.42. The normalized spacial score (nSPS) is 10.3. The number of nitro benzene ring substituents is 1. The molecule has 0 heterocycles. The molecule has 0 saturated heterocycles. The topological polar surface area (TPSA) is 72.2 Å². The van der Waals surface area contributed by atoms with Crippen LogP contribution in [0.15, 0.2) is 77.3 Å². The van der Waals surface area contributed by atoms with Gasteiger partial charge in [0.15, 0.2) is 5.78 Å². The molecule has 124 valence electrons. The Morgan fingerprint density at radius 1 is 0.960 bits per heavy atom. The highest BCUT2D eigenvalue weighted by atomic mass is 79.9. The van der Waals surface area contributed by atoms with E-state index in [1.54, 1.807) is 48.5 Å². The number of benzene rings is 3. The minimum absolute atomic E-state index is 0.0111. The molecule has 25 heavy (non-hydrogen) atoms. The van der Waals surface area contributed by atoms with Crippen molar-refractivity contribution in [3.05, 3.63) is 98.5 Å². The van der Waals surface area contributed by atoms with Crippen molar-refractivity contribution in [3.63, 3.8) is 0 Å². The summed E-state index contributed by atoms with van der Waals surface area (Å²) in [6.45, 7) is 0. The quantitative estimate of drug-likeness (QED) is 0.359. The summed E-state index contributed by atoms with van der Waals surface area (Å²) in [7, 11) is 0. The van der Waals surface area contributed by atoms with Crippen molar-refractivity contribution in [1.29, 1.82) is 0 Å². The van der Waals surface area contributed by atoms with Gasteiger partial charge in [-0.15, -0.1) is 0 Å². The van der Waals surface area contributed by atoms with Gasteiger partial charge < -0.3 is 5.32 Å². The van der Waals surface area contributed by atoms with Crippen LogP contribution in [0, 0.1) is 10.1 Å². The molecule has 0 spiro atoms. The van der Waals surface area contributed by atoms with E-state index in [4.69, 9.17) is 0 Å². The van der Waals surface area contributed by atoms with E-state index in [1.807, 2.05) is 18.2 Å². The van der Waals surface area contributed by atoms with Crippen LogP contribution >= 0.6 is 15.9 Å². The molecule has 3 aromatic rings. The maximum atomic E-state index is 12.5. The second kappa shape index (κ2) is 7.27. The highest BCUT2D eigenvalue weighted by molar-refractivity contribution is 9.10. The SMILES string of the molecule is O=C(c1ccccc1)c1ccc(Nc2ccccc2[N+](=O)[O-])cc1Br. The summed E-state index contributed by atoms with van der Waals surface area (Å²) in [6.07, 6.45) is 0. The number of nitrogens with one attached hydrogen (secondary N) is 1. The summed E-state index contributed by atoms with van der Waals surface area (Å²) in [5.74, 6) is -0.0929. The van der Waals surface area contributed by atoms with Crippen molar-refractivity contribution in [2.75, 3.05) is 5.32 Å². The van der Waals surface area contributed by atoms with Gasteiger partial charge in [-0.1, -0.05) is 42.5 Å². The Kier molecular flexibility index (Phi) is 4.90. The first kappa shape index (κ1) is 16.9. The van der Waals surface area contributed by atoms with Gasteiger partial charge in [0.2, 0.25) is 0 Å². The number of ketones is 1. The van der Waals surface area contributed by atoms with Crippen molar-refractivity contribution in [3.8, 4) is 0 Å². The molecule has 0 aliphatic rings. The number of nitro groups is 1. The maximum Gasteiger partial charge on any atom is 0.292 e. The third kappa shape index (κ3) is 3.75. The Morgan fingerprint density at radius 2 is 1.64 bits per heavy atom. The summed E-state index contributed by atoms with van der Waals surface area (Å²) in [6, 6.07) is 20.5. The van der Waals surface area contributed by atoms with Crippen LogP contribution in [0.1, 0.15) is 15.9 Å². The molecule has 1 N–H and O–H groups in total. The third-order valence-corrected chi connectivity index (χ3v) is 4.29. The fourth-order valence-corrected chi connectivity index (χ4v) is 2.97. The van der Waals surface area contributed by atoms with Crippen LogP contribution in [0.4, 0.5) is 17.1 Å². The maximum absolute atomic E-state index is 12.5. The molecule has 5 nitrogen and oxygen atoms in total. The zero-order valence-electron chi connectivity index (χ0n) is 13.0. The average molecular weight is 397 g/mol. The third-order valence-electron chi connectivity index (χ3n) is 3.63. The first-order valence-corrected chi connectivity index (χ1v) is 8.25. The van der Waals surface area contributed by atoms with Crippen LogP contribution < -0.4 is 5.32 Å². The number of nitrogens with zero attached hydrogens (tertiary/aromatic N) is 1. The van der Waals surface area contributed by atoms with Gasteiger partial charge in [-0.3, -0.25) is 14.9 Å². The molecule has 0 aliphatic carbocycles. The van der Waals surface area contributed by atoms with Gasteiger partial charge in [-0.05, 0) is 40.2 Å². The predicted octanol–water partition coefficient (Wildman–Crippen LogP) is 5.33. The largest absolute Gasteiger partial charge is 0.350 e. The van der Waals surface area contributed by atoms with Crippen LogP contribution in [-0.4, -0.2) is 10.7 Å². The highest BCUT2D eigenvalue weighted by Gasteiger charge is 2.15. The van der Waals surface area contributed by atoms with Crippen molar-refractivity contribution in [2.24, 2.45) is 0 Å². The van der Waals surface area contributed by atoms with Crippen molar-refractivity contribution in [1.82, 2.24) is 0 Å². The number of anilines is 2. The molecule has 0 atom stereocenters. The van der Waals surface area contributed by atoms with E-state index >= 15 is 0 Å². The molecule has 0 amide bonds. The number of carbonyl (C=O) groups is 1. The van der Waals surface area contributed by atoms with Gasteiger partial charge in [-0.25, -0.2) is 0 Å². The Bertz CT molecular complexity index is 942. The molecule has 0 unspecified atom stereocenters.